The number of hydrogen-bond acceptors (Lipinski definition) is 5. The fourth-order valence-electron chi connectivity index (χ4n) is 8.14. The van der Waals surface area contributed by atoms with Crippen LogP contribution in [0.5, 0.6) is 11.5 Å². The van der Waals surface area contributed by atoms with Gasteiger partial charge in [0.05, 0.1) is 27.2 Å². The molecule has 1 heterocycles. The Bertz CT molecular complexity index is 1050. The number of allylic oxidation sites excluding steroid dienone is 1. The van der Waals surface area contributed by atoms with Gasteiger partial charge in [-0.2, -0.15) is 0 Å². The van der Waals surface area contributed by atoms with Crippen LogP contribution < -0.4 is 9.47 Å². The summed E-state index contributed by atoms with van der Waals surface area (Å²) in [5, 5.41) is 0. The molecular weight excluding hydrogens is 442 g/mol. The van der Waals surface area contributed by atoms with E-state index in [4.69, 9.17) is 14.2 Å². The smallest absolute Gasteiger partial charge is 0.309 e. The van der Waals surface area contributed by atoms with Gasteiger partial charge in [0.25, 0.3) is 0 Å². The number of carbonyl (C=O) groups is 2. The van der Waals surface area contributed by atoms with E-state index in [0.29, 0.717) is 29.5 Å². The zero-order valence-corrected chi connectivity index (χ0v) is 21.8. The van der Waals surface area contributed by atoms with Gasteiger partial charge >= 0.3 is 5.97 Å². The quantitative estimate of drug-likeness (QED) is 0.430. The Morgan fingerprint density at radius 2 is 1.89 bits per heavy atom. The molecule has 1 aliphatic heterocycles. The van der Waals surface area contributed by atoms with Crippen LogP contribution in [-0.4, -0.2) is 44.1 Å². The Balaban J connectivity index is 1.55. The molecule has 0 spiro atoms. The number of piperidine rings is 1. The first-order valence-corrected chi connectivity index (χ1v) is 13.0. The van der Waals surface area contributed by atoms with E-state index in [0.717, 1.165) is 24.2 Å². The molecule has 6 atom stereocenters. The molecule has 0 N–H and O–H groups in total. The minimum Gasteiger partial charge on any atom is -0.497 e. The zero-order valence-electron chi connectivity index (χ0n) is 21.8. The first-order chi connectivity index (χ1) is 16.8. The summed E-state index contributed by atoms with van der Waals surface area (Å²) in [6, 6.07) is 5.69. The van der Waals surface area contributed by atoms with E-state index in [1.54, 1.807) is 19.8 Å². The average Bonchev–Trinajstić information content (AvgIpc) is 3.27. The predicted molar refractivity (Wildman–Crippen MR) is 133 cm³/mol. The summed E-state index contributed by atoms with van der Waals surface area (Å²) in [6.07, 6.45) is 9.52. The SMILES string of the molecule is COC(=O)C1CC(=O)N(Cc2ccc(OC)cc2OC)C2CC=C3[C@@H](CC[C@]4(C)CCC[C@@H]34)[C@@]12C. The van der Waals surface area contributed by atoms with E-state index in [1.807, 2.05) is 23.1 Å². The number of esters is 1. The highest BCUT2D eigenvalue weighted by Gasteiger charge is 2.62. The molecule has 1 saturated heterocycles. The molecular formula is C29H39NO5. The fraction of sp³-hybridized carbons (Fsp3) is 0.655. The number of benzene rings is 1. The van der Waals surface area contributed by atoms with Crippen molar-refractivity contribution < 1.29 is 23.8 Å². The summed E-state index contributed by atoms with van der Waals surface area (Å²) in [5.41, 5.74) is 2.53. The Hall–Kier alpha value is -2.50. The molecule has 3 aliphatic carbocycles. The average molecular weight is 482 g/mol. The van der Waals surface area contributed by atoms with Crippen molar-refractivity contribution in [1.82, 2.24) is 4.90 Å². The van der Waals surface area contributed by atoms with E-state index >= 15 is 0 Å². The highest BCUT2D eigenvalue weighted by molar-refractivity contribution is 5.86. The van der Waals surface area contributed by atoms with Crippen LogP contribution in [0.15, 0.2) is 29.8 Å². The molecule has 4 aliphatic rings. The number of carbonyl (C=O) groups excluding carboxylic acids is 2. The molecule has 1 aromatic carbocycles. The van der Waals surface area contributed by atoms with Gasteiger partial charge in [0, 0.05) is 36.1 Å². The molecule has 6 heteroatoms. The zero-order chi connectivity index (χ0) is 25.0. The monoisotopic (exact) mass is 481 g/mol. The molecule has 3 fully saturated rings. The second-order valence-electron chi connectivity index (χ2n) is 11.5. The van der Waals surface area contributed by atoms with E-state index < -0.39 is 5.92 Å². The van der Waals surface area contributed by atoms with Crippen molar-refractivity contribution in [1.29, 1.82) is 0 Å². The van der Waals surface area contributed by atoms with E-state index in [9.17, 15) is 9.59 Å². The minimum atomic E-state index is -0.418. The molecule has 2 saturated carbocycles. The molecule has 0 bridgehead atoms. The predicted octanol–water partition coefficient (Wildman–Crippen LogP) is 5.15. The highest BCUT2D eigenvalue weighted by Crippen LogP contribution is 2.64. The summed E-state index contributed by atoms with van der Waals surface area (Å²) >= 11 is 0. The topological polar surface area (TPSA) is 65.1 Å². The summed E-state index contributed by atoms with van der Waals surface area (Å²) in [6.45, 7) is 5.18. The van der Waals surface area contributed by atoms with Crippen LogP contribution in [0.1, 0.15) is 64.4 Å². The lowest BCUT2D eigenvalue weighted by Crippen LogP contribution is -2.64. The first kappa shape index (κ1) is 24.2. The van der Waals surface area contributed by atoms with Gasteiger partial charge in [-0.15, -0.1) is 0 Å². The van der Waals surface area contributed by atoms with Gasteiger partial charge in [0.2, 0.25) is 5.91 Å². The normalized spacial score (nSPS) is 36.0. The van der Waals surface area contributed by atoms with Gasteiger partial charge in [-0.1, -0.05) is 31.9 Å². The van der Waals surface area contributed by atoms with Crippen molar-refractivity contribution in [3.63, 3.8) is 0 Å². The lowest BCUT2D eigenvalue weighted by atomic mass is 9.48. The van der Waals surface area contributed by atoms with Gasteiger partial charge in [-0.3, -0.25) is 9.59 Å². The summed E-state index contributed by atoms with van der Waals surface area (Å²) in [7, 11) is 4.73. The summed E-state index contributed by atoms with van der Waals surface area (Å²) < 4.78 is 16.3. The van der Waals surface area contributed by atoms with Crippen molar-refractivity contribution in [2.75, 3.05) is 21.3 Å². The third-order valence-electron chi connectivity index (χ3n) is 10.1. The molecule has 0 aromatic heterocycles. The number of fused-ring (bicyclic) bond motifs is 5. The summed E-state index contributed by atoms with van der Waals surface area (Å²) in [4.78, 5) is 28.7. The number of likely N-dealkylation sites (tertiary alicyclic amines) is 1. The Morgan fingerprint density at radius 3 is 2.60 bits per heavy atom. The highest BCUT2D eigenvalue weighted by atomic mass is 16.5. The number of hydrogen-bond donors (Lipinski definition) is 0. The van der Waals surface area contributed by atoms with Crippen LogP contribution in [0.3, 0.4) is 0 Å². The second-order valence-corrected chi connectivity index (χ2v) is 11.5. The van der Waals surface area contributed by atoms with Crippen molar-refractivity contribution in [2.45, 2.75) is 71.4 Å². The van der Waals surface area contributed by atoms with Crippen LogP contribution in [0.4, 0.5) is 0 Å². The van der Waals surface area contributed by atoms with Crippen LogP contribution in [0.2, 0.25) is 0 Å². The third-order valence-corrected chi connectivity index (χ3v) is 10.1. The third kappa shape index (κ3) is 3.66. The van der Waals surface area contributed by atoms with Crippen molar-refractivity contribution in [3.05, 3.63) is 35.4 Å². The van der Waals surface area contributed by atoms with E-state index in [1.165, 1.54) is 32.8 Å². The molecule has 0 radical (unpaired) electrons. The number of methoxy groups -OCH3 is 3. The van der Waals surface area contributed by atoms with Gasteiger partial charge in [-0.05, 0) is 61.5 Å². The molecule has 35 heavy (non-hydrogen) atoms. The Labute approximate surface area is 209 Å². The lowest BCUT2D eigenvalue weighted by molar-refractivity contribution is -0.173. The van der Waals surface area contributed by atoms with Crippen LogP contribution in [0, 0.1) is 28.6 Å². The maximum atomic E-state index is 13.6. The molecule has 1 amide bonds. The van der Waals surface area contributed by atoms with Gasteiger partial charge < -0.3 is 19.1 Å². The van der Waals surface area contributed by atoms with Crippen LogP contribution in [0.25, 0.3) is 0 Å². The van der Waals surface area contributed by atoms with Gasteiger partial charge in [-0.25, -0.2) is 0 Å². The maximum absolute atomic E-state index is 13.6. The molecule has 190 valence electrons. The number of nitrogens with zero attached hydrogens (tertiary/aromatic N) is 1. The maximum Gasteiger partial charge on any atom is 0.309 e. The largest absolute Gasteiger partial charge is 0.497 e. The number of amides is 1. The Morgan fingerprint density at radius 1 is 1.09 bits per heavy atom. The van der Waals surface area contributed by atoms with Crippen molar-refractivity contribution in [3.8, 4) is 11.5 Å². The van der Waals surface area contributed by atoms with E-state index in [-0.39, 0.29) is 29.8 Å². The van der Waals surface area contributed by atoms with Crippen molar-refractivity contribution in [2.24, 2.45) is 28.6 Å². The fourth-order valence-corrected chi connectivity index (χ4v) is 8.14. The molecule has 1 aromatic rings. The van der Waals surface area contributed by atoms with Crippen LogP contribution in [-0.2, 0) is 20.9 Å². The van der Waals surface area contributed by atoms with Gasteiger partial charge in [0.1, 0.15) is 11.5 Å². The molecule has 6 nitrogen and oxygen atoms in total. The minimum absolute atomic E-state index is 0.0131. The van der Waals surface area contributed by atoms with Gasteiger partial charge in [0.15, 0.2) is 0 Å². The second kappa shape index (κ2) is 8.86. The number of ether oxygens (including phenoxy) is 3. The number of rotatable bonds is 5. The first-order valence-electron chi connectivity index (χ1n) is 13.0. The molecule has 2 unspecified atom stereocenters. The standard InChI is InChI=1S/C29H39NO5/c1-28-13-6-7-21(28)20-10-11-25-29(2,22(20)12-14-28)23(27(32)35-5)16-26(31)30(25)17-18-8-9-19(33-3)15-24(18)34-4/h8-10,15,21-23,25H,6-7,11-14,16-17H2,1-5H3/t21-,22+,23?,25?,28-,29-/m0/s1. The summed E-state index contributed by atoms with van der Waals surface area (Å²) in [5.74, 6) is 1.68. The van der Waals surface area contributed by atoms with Crippen molar-refractivity contribution >= 4 is 11.9 Å². The Kier molecular flexibility index (Phi) is 6.13. The van der Waals surface area contributed by atoms with E-state index in [2.05, 4.69) is 19.9 Å². The van der Waals surface area contributed by atoms with Crippen LogP contribution >= 0.6 is 0 Å². The lowest BCUT2D eigenvalue weighted by Gasteiger charge is -2.60. The molecule has 5 rings (SSSR count).